The van der Waals surface area contributed by atoms with E-state index >= 15 is 0 Å². The molecular formula is C19H17N3O5. The molecule has 0 radical (unpaired) electrons. The molecule has 0 heterocycles. The van der Waals surface area contributed by atoms with Gasteiger partial charge in [-0.15, -0.1) is 0 Å². The number of nitro groups is 1. The van der Waals surface area contributed by atoms with Crippen molar-refractivity contribution >= 4 is 23.4 Å². The van der Waals surface area contributed by atoms with Crippen LogP contribution in [0.25, 0.3) is 6.08 Å². The van der Waals surface area contributed by atoms with Gasteiger partial charge in [0, 0.05) is 5.69 Å². The van der Waals surface area contributed by atoms with Gasteiger partial charge in [0.25, 0.3) is 11.6 Å². The Morgan fingerprint density at radius 1 is 1.19 bits per heavy atom. The average molecular weight is 367 g/mol. The van der Waals surface area contributed by atoms with Gasteiger partial charge < -0.3 is 14.8 Å². The lowest BCUT2D eigenvalue weighted by Gasteiger charge is -2.09. The number of aryl methyl sites for hydroxylation is 1. The molecule has 0 spiro atoms. The van der Waals surface area contributed by atoms with Crippen LogP contribution in [0.5, 0.6) is 11.5 Å². The van der Waals surface area contributed by atoms with E-state index in [-0.39, 0.29) is 28.3 Å². The van der Waals surface area contributed by atoms with Crippen molar-refractivity contribution in [1.29, 1.82) is 5.26 Å². The van der Waals surface area contributed by atoms with E-state index in [1.54, 1.807) is 18.2 Å². The number of carbonyl (C=O) groups is 1. The smallest absolute Gasteiger partial charge is 0.280 e. The molecule has 2 rings (SSSR count). The van der Waals surface area contributed by atoms with E-state index in [9.17, 15) is 20.2 Å². The number of nitrogens with one attached hydrogen (secondary N) is 1. The summed E-state index contributed by atoms with van der Waals surface area (Å²) in [7, 11) is 2.74. The van der Waals surface area contributed by atoms with Crippen LogP contribution in [-0.2, 0) is 4.79 Å². The molecule has 0 unspecified atom stereocenters. The molecule has 0 atom stereocenters. The summed E-state index contributed by atoms with van der Waals surface area (Å²) in [6, 6.07) is 11.3. The second-order valence-corrected chi connectivity index (χ2v) is 5.51. The SMILES string of the molecule is COc1cc(/C=C(/C#N)C(=O)Nc2ccc(C)cc2)c([N+](=O)[O-])cc1OC. The maximum atomic E-state index is 12.4. The van der Waals surface area contributed by atoms with Crippen molar-refractivity contribution < 1.29 is 19.2 Å². The fourth-order valence-corrected chi connectivity index (χ4v) is 2.30. The number of hydrogen-bond acceptors (Lipinski definition) is 6. The Morgan fingerprint density at radius 3 is 2.30 bits per heavy atom. The molecule has 8 nitrogen and oxygen atoms in total. The van der Waals surface area contributed by atoms with E-state index < -0.39 is 10.8 Å². The first-order valence-corrected chi connectivity index (χ1v) is 7.79. The number of ether oxygens (including phenoxy) is 2. The predicted octanol–water partition coefficient (Wildman–Crippen LogP) is 3.47. The number of carbonyl (C=O) groups excluding carboxylic acids is 1. The molecule has 138 valence electrons. The van der Waals surface area contributed by atoms with Gasteiger partial charge in [0.1, 0.15) is 11.6 Å². The maximum Gasteiger partial charge on any atom is 0.280 e. The largest absolute Gasteiger partial charge is 0.493 e. The van der Waals surface area contributed by atoms with Crippen LogP contribution in [0, 0.1) is 28.4 Å². The minimum atomic E-state index is -0.676. The fraction of sp³-hybridized carbons (Fsp3) is 0.158. The highest BCUT2D eigenvalue weighted by Gasteiger charge is 2.20. The van der Waals surface area contributed by atoms with Crippen molar-refractivity contribution in [2.45, 2.75) is 6.92 Å². The molecule has 0 saturated heterocycles. The number of nitrogens with zero attached hydrogens (tertiary/aromatic N) is 2. The van der Waals surface area contributed by atoms with Crippen LogP contribution >= 0.6 is 0 Å². The van der Waals surface area contributed by atoms with Gasteiger partial charge in [-0.3, -0.25) is 14.9 Å². The number of nitriles is 1. The molecule has 0 fully saturated rings. The number of nitro benzene ring substituents is 1. The first kappa shape index (κ1) is 19.5. The highest BCUT2D eigenvalue weighted by Crippen LogP contribution is 2.35. The second-order valence-electron chi connectivity index (χ2n) is 5.51. The summed E-state index contributed by atoms with van der Waals surface area (Å²) in [4.78, 5) is 23.1. The third-order valence-electron chi connectivity index (χ3n) is 3.70. The fourth-order valence-electron chi connectivity index (χ4n) is 2.30. The van der Waals surface area contributed by atoms with E-state index in [0.717, 1.165) is 11.6 Å². The van der Waals surface area contributed by atoms with Crippen molar-refractivity contribution in [2.75, 3.05) is 19.5 Å². The van der Waals surface area contributed by atoms with Crippen LogP contribution < -0.4 is 14.8 Å². The van der Waals surface area contributed by atoms with Gasteiger partial charge in [0.15, 0.2) is 11.5 Å². The molecule has 2 aromatic rings. The van der Waals surface area contributed by atoms with Crippen molar-refractivity contribution in [1.82, 2.24) is 0 Å². The number of hydrogen-bond donors (Lipinski definition) is 1. The summed E-state index contributed by atoms with van der Waals surface area (Å²) < 4.78 is 10.2. The van der Waals surface area contributed by atoms with E-state index in [2.05, 4.69) is 5.32 Å². The number of benzene rings is 2. The third-order valence-corrected chi connectivity index (χ3v) is 3.70. The van der Waals surface area contributed by atoms with Crippen LogP contribution in [0.3, 0.4) is 0 Å². The first-order chi connectivity index (χ1) is 12.9. The van der Waals surface area contributed by atoms with Crippen molar-refractivity contribution in [3.05, 3.63) is 63.2 Å². The lowest BCUT2D eigenvalue weighted by atomic mass is 10.1. The van der Waals surface area contributed by atoms with Gasteiger partial charge in [0.05, 0.1) is 30.8 Å². The van der Waals surface area contributed by atoms with Crippen LogP contribution in [-0.4, -0.2) is 25.1 Å². The second kappa shape index (κ2) is 8.49. The lowest BCUT2D eigenvalue weighted by Crippen LogP contribution is -2.13. The number of rotatable bonds is 6. The highest BCUT2D eigenvalue weighted by molar-refractivity contribution is 6.10. The molecule has 0 aliphatic carbocycles. The zero-order valence-electron chi connectivity index (χ0n) is 15.0. The summed E-state index contributed by atoms with van der Waals surface area (Å²) in [5, 5.41) is 23.3. The number of methoxy groups -OCH3 is 2. The standard InChI is InChI=1S/C19H17N3O5/c1-12-4-6-15(7-5-12)21-19(23)14(11-20)8-13-9-17(26-2)18(27-3)10-16(13)22(24)25/h4-10H,1-3H3,(H,21,23)/b14-8-. The highest BCUT2D eigenvalue weighted by atomic mass is 16.6. The van der Waals surface area contributed by atoms with Gasteiger partial charge in [-0.05, 0) is 31.2 Å². The molecular weight excluding hydrogens is 350 g/mol. The van der Waals surface area contributed by atoms with Gasteiger partial charge in [-0.2, -0.15) is 5.26 Å². The van der Waals surface area contributed by atoms with Crippen molar-refractivity contribution in [2.24, 2.45) is 0 Å². The Labute approximate surface area is 155 Å². The molecule has 1 N–H and O–H groups in total. The number of amides is 1. The Hall–Kier alpha value is -3.86. The van der Waals surface area contributed by atoms with E-state index in [1.165, 1.54) is 26.4 Å². The third kappa shape index (κ3) is 4.61. The summed E-state index contributed by atoms with van der Waals surface area (Å²) in [5.74, 6) is -0.264. The van der Waals surface area contributed by atoms with Gasteiger partial charge >= 0.3 is 0 Å². The molecule has 8 heteroatoms. The molecule has 0 aliphatic rings. The molecule has 0 bridgehead atoms. The Kier molecular flexibility index (Phi) is 6.12. The maximum absolute atomic E-state index is 12.4. The summed E-state index contributed by atoms with van der Waals surface area (Å²) in [6.45, 7) is 1.91. The van der Waals surface area contributed by atoms with E-state index in [4.69, 9.17) is 9.47 Å². The molecule has 2 aromatic carbocycles. The normalized spacial score (nSPS) is 10.7. The summed E-state index contributed by atoms with van der Waals surface area (Å²) in [5.41, 5.74) is 0.973. The van der Waals surface area contributed by atoms with E-state index in [0.29, 0.717) is 5.69 Å². The van der Waals surface area contributed by atoms with Crippen molar-refractivity contribution in [3.8, 4) is 17.6 Å². The molecule has 0 saturated carbocycles. The summed E-state index contributed by atoms with van der Waals surface area (Å²) >= 11 is 0. The quantitative estimate of drug-likeness (QED) is 0.362. The van der Waals surface area contributed by atoms with E-state index in [1.807, 2.05) is 19.1 Å². The Bertz CT molecular complexity index is 943. The Balaban J connectivity index is 2.43. The topological polar surface area (TPSA) is 114 Å². The van der Waals surface area contributed by atoms with Crippen LogP contribution in [0.4, 0.5) is 11.4 Å². The van der Waals surface area contributed by atoms with Crippen LogP contribution in [0.1, 0.15) is 11.1 Å². The zero-order valence-corrected chi connectivity index (χ0v) is 15.0. The van der Waals surface area contributed by atoms with Gasteiger partial charge in [-0.1, -0.05) is 17.7 Å². The van der Waals surface area contributed by atoms with Gasteiger partial charge in [0.2, 0.25) is 0 Å². The first-order valence-electron chi connectivity index (χ1n) is 7.79. The minimum Gasteiger partial charge on any atom is -0.493 e. The van der Waals surface area contributed by atoms with Crippen LogP contribution in [0.15, 0.2) is 42.0 Å². The molecule has 27 heavy (non-hydrogen) atoms. The Morgan fingerprint density at radius 2 is 1.78 bits per heavy atom. The lowest BCUT2D eigenvalue weighted by molar-refractivity contribution is -0.385. The molecule has 1 amide bonds. The average Bonchev–Trinajstić information content (AvgIpc) is 2.66. The van der Waals surface area contributed by atoms with Gasteiger partial charge in [-0.25, -0.2) is 0 Å². The number of anilines is 1. The summed E-state index contributed by atoms with van der Waals surface area (Å²) in [6.07, 6.45) is 1.14. The zero-order chi connectivity index (χ0) is 20.0. The molecule has 0 aromatic heterocycles. The van der Waals surface area contributed by atoms with Crippen LogP contribution in [0.2, 0.25) is 0 Å². The predicted molar refractivity (Wildman–Crippen MR) is 99.6 cm³/mol. The minimum absolute atomic E-state index is 0.0493. The van der Waals surface area contributed by atoms with Crippen molar-refractivity contribution in [3.63, 3.8) is 0 Å². The monoisotopic (exact) mass is 367 g/mol. The molecule has 0 aliphatic heterocycles.